The third kappa shape index (κ3) is 3.23. The van der Waals surface area contributed by atoms with Crippen LogP contribution in [0.25, 0.3) is 0 Å². The van der Waals surface area contributed by atoms with E-state index in [1.165, 1.54) is 6.42 Å². The molecule has 2 atom stereocenters. The maximum Gasteiger partial charge on any atom is 0.237 e. The van der Waals surface area contributed by atoms with Crippen molar-refractivity contribution in [2.24, 2.45) is 11.7 Å². The number of nitrogens with zero attached hydrogens (tertiary/aromatic N) is 2. The molecule has 1 aliphatic rings. The molecule has 3 N–H and O–H groups in total. The Bertz CT molecular complexity index is 402. The van der Waals surface area contributed by atoms with Crippen LogP contribution in [-0.2, 0) is 0 Å². The Morgan fingerprint density at radius 3 is 3.06 bits per heavy atom. The minimum atomic E-state index is 0.397. The molecule has 100 valence electrons. The predicted molar refractivity (Wildman–Crippen MR) is 72.0 cm³/mol. The number of halogens is 1. The van der Waals surface area contributed by atoms with Gasteiger partial charge in [-0.3, -0.25) is 0 Å². The number of hydrogen-bond donors (Lipinski definition) is 2. The molecule has 1 aromatic rings. The first-order chi connectivity index (χ1) is 8.72. The molecule has 0 radical (unpaired) electrons. The third-order valence-corrected chi connectivity index (χ3v) is 3.46. The van der Waals surface area contributed by atoms with E-state index in [1.807, 2.05) is 6.92 Å². The Morgan fingerprint density at radius 1 is 1.56 bits per heavy atom. The van der Waals surface area contributed by atoms with E-state index < -0.39 is 0 Å². The van der Waals surface area contributed by atoms with Crippen LogP contribution in [-0.4, -0.2) is 29.2 Å². The summed E-state index contributed by atoms with van der Waals surface area (Å²) in [5, 5.41) is 3.75. The summed E-state index contributed by atoms with van der Waals surface area (Å²) < 4.78 is 5.34. The van der Waals surface area contributed by atoms with E-state index in [2.05, 4.69) is 15.3 Å². The van der Waals surface area contributed by atoms with Crippen molar-refractivity contribution in [1.82, 2.24) is 9.97 Å². The zero-order valence-electron chi connectivity index (χ0n) is 10.5. The maximum atomic E-state index is 5.94. The van der Waals surface area contributed by atoms with Crippen LogP contribution in [0.4, 0.5) is 5.95 Å². The highest BCUT2D eigenvalue weighted by Gasteiger charge is 2.24. The van der Waals surface area contributed by atoms with Gasteiger partial charge in [-0.05, 0) is 38.6 Å². The minimum absolute atomic E-state index is 0.397. The van der Waals surface area contributed by atoms with E-state index in [0.717, 1.165) is 19.4 Å². The first kappa shape index (κ1) is 13.4. The molecule has 1 heterocycles. The van der Waals surface area contributed by atoms with Gasteiger partial charge in [0.2, 0.25) is 11.8 Å². The Morgan fingerprint density at radius 2 is 2.39 bits per heavy atom. The molecule has 1 aliphatic carbocycles. The lowest BCUT2D eigenvalue weighted by Gasteiger charge is -2.13. The van der Waals surface area contributed by atoms with Gasteiger partial charge >= 0.3 is 0 Å². The monoisotopic (exact) mass is 270 g/mol. The lowest BCUT2D eigenvalue weighted by molar-refractivity contribution is 0.327. The van der Waals surface area contributed by atoms with E-state index >= 15 is 0 Å². The minimum Gasteiger partial charge on any atom is -0.477 e. The fraction of sp³-hybridized carbons (Fsp3) is 0.667. The van der Waals surface area contributed by atoms with Gasteiger partial charge in [0.15, 0.2) is 0 Å². The van der Waals surface area contributed by atoms with Crippen molar-refractivity contribution < 1.29 is 4.74 Å². The van der Waals surface area contributed by atoms with Gasteiger partial charge in [0.05, 0.1) is 12.8 Å². The topological polar surface area (TPSA) is 73.1 Å². The summed E-state index contributed by atoms with van der Waals surface area (Å²) in [6, 6.07) is 0.397. The summed E-state index contributed by atoms with van der Waals surface area (Å²) >= 11 is 5.94. The highest BCUT2D eigenvalue weighted by Crippen LogP contribution is 2.28. The van der Waals surface area contributed by atoms with E-state index in [4.69, 9.17) is 22.1 Å². The number of hydrogen-bond acceptors (Lipinski definition) is 5. The zero-order valence-corrected chi connectivity index (χ0v) is 11.3. The molecule has 2 rings (SSSR count). The molecule has 1 saturated carbocycles. The van der Waals surface area contributed by atoms with Gasteiger partial charge in [-0.15, -0.1) is 0 Å². The van der Waals surface area contributed by atoms with Gasteiger partial charge in [0, 0.05) is 6.04 Å². The molecule has 18 heavy (non-hydrogen) atoms. The molecule has 2 unspecified atom stereocenters. The first-order valence-electron chi connectivity index (χ1n) is 6.34. The van der Waals surface area contributed by atoms with Crippen molar-refractivity contribution in [2.75, 3.05) is 18.5 Å². The van der Waals surface area contributed by atoms with Crippen LogP contribution >= 0.6 is 11.6 Å². The van der Waals surface area contributed by atoms with E-state index in [1.54, 1.807) is 6.20 Å². The summed E-state index contributed by atoms with van der Waals surface area (Å²) in [6.07, 6.45) is 4.92. The Balaban J connectivity index is 1.99. The molecule has 0 aromatic carbocycles. The molecule has 6 heteroatoms. The van der Waals surface area contributed by atoms with Gasteiger partial charge in [0.1, 0.15) is 5.02 Å². The number of nitrogens with two attached hydrogens (primary N) is 1. The largest absolute Gasteiger partial charge is 0.477 e. The standard InChI is InChI=1S/C12H19ClN4O/c1-2-18-11-10(13)7-15-12(17-11)16-9-4-3-8(5-9)6-14/h7-9H,2-6,14H2,1H3,(H,15,16,17). The van der Waals surface area contributed by atoms with Crippen molar-refractivity contribution in [3.63, 3.8) is 0 Å². The highest BCUT2D eigenvalue weighted by molar-refractivity contribution is 6.31. The lowest BCUT2D eigenvalue weighted by atomic mass is 10.1. The molecule has 5 nitrogen and oxygen atoms in total. The van der Waals surface area contributed by atoms with Gasteiger partial charge in [0.25, 0.3) is 0 Å². The number of aromatic nitrogens is 2. The molecule has 0 bridgehead atoms. The summed E-state index contributed by atoms with van der Waals surface area (Å²) in [6.45, 7) is 3.19. The second-order valence-corrected chi connectivity index (χ2v) is 4.94. The molecule has 0 aliphatic heterocycles. The van der Waals surface area contributed by atoms with Crippen molar-refractivity contribution in [3.05, 3.63) is 11.2 Å². The molecule has 1 aromatic heterocycles. The molecular formula is C12H19ClN4O. The predicted octanol–water partition coefficient (Wildman–Crippen LogP) is 2.07. The highest BCUT2D eigenvalue weighted by atomic mass is 35.5. The fourth-order valence-corrected chi connectivity index (χ4v) is 2.41. The third-order valence-electron chi connectivity index (χ3n) is 3.20. The Hall–Kier alpha value is -1.07. The average molecular weight is 271 g/mol. The lowest BCUT2D eigenvalue weighted by Crippen LogP contribution is -2.19. The average Bonchev–Trinajstić information content (AvgIpc) is 2.81. The number of ether oxygens (including phenoxy) is 1. The second-order valence-electron chi connectivity index (χ2n) is 4.54. The van der Waals surface area contributed by atoms with Crippen LogP contribution in [0.2, 0.25) is 5.02 Å². The zero-order chi connectivity index (χ0) is 13.0. The first-order valence-corrected chi connectivity index (χ1v) is 6.72. The fourth-order valence-electron chi connectivity index (χ4n) is 2.26. The summed E-state index contributed by atoms with van der Waals surface area (Å²) in [5.74, 6) is 1.62. The van der Waals surface area contributed by atoms with Crippen molar-refractivity contribution in [2.45, 2.75) is 32.2 Å². The van der Waals surface area contributed by atoms with Crippen LogP contribution in [0.1, 0.15) is 26.2 Å². The maximum absolute atomic E-state index is 5.94. The molecule has 0 amide bonds. The van der Waals surface area contributed by atoms with Crippen molar-refractivity contribution >= 4 is 17.5 Å². The van der Waals surface area contributed by atoms with Crippen LogP contribution in [0.15, 0.2) is 6.20 Å². The van der Waals surface area contributed by atoms with E-state index in [-0.39, 0.29) is 0 Å². The number of rotatable bonds is 5. The number of nitrogens with one attached hydrogen (secondary N) is 1. The van der Waals surface area contributed by atoms with E-state index in [0.29, 0.717) is 35.4 Å². The van der Waals surface area contributed by atoms with Gasteiger partial charge < -0.3 is 15.8 Å². The van der Waals surface area contributed by atoms with Crippen molar-refractivity contribution in [1.29, 1.82) is 0 Å². The van der Waals surface area contributed by atoms with Crippen molar-refractivity contribution in [3.8, 4) is 5.88 Å². The molecular weight excluding hydrogens is 252 g/mol. The quantitative estimate of drug-likeness (QED) is 0.857. The SMILES string of the molecule is CCOc1nc(NC2CCC(CN)C2)ncc1Cl. The summed E-state index contributed by atoms with van der Waals surface area (Å²) in [7, 11) is 0. The second kappa shape index (κ2) is 6.20. The Labute approximate surface area is 112 Å². The van der Waals surface area contributed by atoms with Crippen LogP contribution in [0, 0.1) is 5.92 Å². The smallest absolute Gasteiger partial charge is 0.237 e. The Kier molecular flexibility index (Phi) is 4.60. The summed E-state index contributed by atoms with van der Waals surface area (Å²) in [5.41, 5.74) is 5.68. The normalized spacial score (nSPS) is 23.1. The van der Waals surface area contributed by atoms with Crippen LogP contribution in [0.5, 0.6) is 5.88 Å². The van der Waals surface area contributed by atoms with Gasteiger partial charge in [-0.2, -0.15) is 4.98 Å². The molecule has 0 spiro atoms. The van der Waals surface area contributed by atoms with Crippen LogP contribution < -0.4 is 15.8 Å². The molecule has 0 saturated heterocycles. The number of anilines is 1. The van der Waals surface area contributed by atoms with Gasteiger partial charge in [-0.25, -0.2) is 4.98 Å². The van der Waals surface area contributed by atoms with E-state index in [9.17, 15) is 0 Å². The van der Waals surface area contributed by atoms with Gasteiger partial charge in [-0.1, -0.05) is 11.6 Å². The van der Waals surface area contributed by atoms with Crippen LogP contribution in [0.3, 0.4) is 0 Å². The molecule has 1 fully saturated rings. The summed E-state index contributed by atoms with van der Waals surface area (Å²) in [4.78, 5) is 8.44.